The van der Waals surface area contributed by atoms with Gasteiger partial charge in [-0.25, -0.2) is 13.6 Å². The van der Waals surface area contributed by atoms with Gasteiger partial charge in [-0.2, -0.15) is 10.1 Å². The zero-order valence-electron chi connectivity index (χ0n) is 18.2. The summed E-state index contributed by atoms with van der Waals surface area (Å²) in [5, 5.41) is 7.19. The maximum Gasteiger partial charge on any atom is 0.352 e. The SMILES string of the molecule is CCCn1cc(Oc2c(F)cc(COc3cc4n(c(=O)n3)CCCOCCN4)cc2F)cn1. The summed E-state index contributed by atoms with van der Waals surface area (Å²) in [4.78, 5) is 16.3. The van der Waals surface area contributed by atoms with E-state index in [-0.39, 0.29) is 23.8 Å². The lowest BCUT2D eigenvalue weighted by Crippen LogP contribution is -2.26. The smallest absolute Gasteiger partial charge is 0.352 e. The minimum absolute atomic E-state index is 0.0587. The van der Waals surface area contributed by atoms with Crippen molar-refractivity contribution < 1.29 is 23.0 Å². The monoisotopic (exact) mass is 461 g/mol. The van der Waals surface area contributed by atoms with Crippen LogP contribution in [-0.4, -0.2) is 39.1 Å². The fourth-order valence-corrected chi connectivity index (χ4v) is 3.42. The Morgan fingerprint density at radius 1 is 1.21 bits per heavy atom. The lowest BCUT2D eigenvalue weighted by molar-refractivity contribution is 0.140. The number of anilines is 1. The number of halogens is 2. The Labute approximate surface area is 188 Å². The predicted octanol–water partition coefficient (Wildman–Crippen LogP) is 3.33. The van der Waals surface area contributed by atoms with Gasteiger partial charge in [0.15, 0.2) is 23.1 Å². The van der Waals surface area contributed by atoms with Crippen LogP contribution in [0.1, 0.15) is 25.3 Å². The van der Waals surface area contributed by atoms with E-state index in [2.05, 4.69) is 15.4 Å². The zero-order valence-corrected chi connectivity index (χ0v) is 18.2. The number of rotatable bonds is 7. The molecule has 4 rings (SSSR count). The van der Waals surface area contributed by atoms with Crippen molar-refractivity contribution in [2.75, 3.05) is 25.1 Å². The maximum atomic E-state index is 14.5. The second kappa shape index (κ2) is 10.4. The number of hydrogen-bond acceptors (Lipinski definition) is 7. The Balaban J connectivity index is 1.46. The third kappa shape index (κ3) is 5.67. The Kier molecular flexibility index (Phi) is 7.18. The van der Waals surface area contributed by atoms with Gasteiger partial charge in [0.1, 0.15) is 12.4 Å². The van der Waals surface area contributed by atoms with Crippen LogP contribution >= 0.6 is 0 Å². The van der Waals surface area contributed by atoms with Crippen molar-refractivity contribution in [1.29, 1.82) is 0 Å². The quantitative estimate of drug-likeness (QED) is 0.577. The zero-order chi connectivity index (χ0) is 23.2. The van der Waals surface area contributed by atoms with Gasteiger partial charge in [0.2, 0.25) is 5.88 Å². The van der Waals surface area contributed by atoms with E-state index in [1.165, 1.54) is 10.8 Å². The molecule has 0 spiro atoms. The van der Waals surface area contributed by atoms with Crippen LogP contribution in [0.5, 0.6) is 17.4 Å². The first-order chi connectivity index (χ1) is 16.0. The molecule has 11 heteroatoms. The molecule has 2 aromatic heterocycles. The highest BCUT2D eigenvalue weighted by atomic mass is 19.1. The number of ether oxygens (including phenoxy) is 3. The molecule has 1 aromatic carbocycles. The van der Waals surface area contributed by atoms with Crippen molar-refractivity contribution in [2.45, 2.75) is 39.5 Å². The van der Waals surface area contributed by atoms with Crippen LogP contribution in [0.25, 0.3) is 0 Å². The molecule has 3 aromatic rings. The average Bonchev–Trinajstić information content (AvgIpc) is 3.26. The number of aromatic nitrogens is 4. The van der Waals surface area contributed by atoms with Crippen LogP contribution in [0.15, 0.2) is 35.4 Å². The number of nitrogens with one attached hydrogen (secondary N) is 1. The molecule has 176 valence electrons. The number of hydrogen-bond donors (Lipinski definition) is 1. The molecular formula is C22H25F2N5O4. The molecule has 33 heavy (non-hydrogen) atoms. The van der Waals surface area contributed by atoms with Gasteiger partial charge in [-0.05, 0) is 30.5 Å². The van der Waals surface area contributed by atoms with Crippen LogP contribution in [0.4, 0.5) is 14.6 Å². The van der Waals surface area contributed by atoms with Gasteiger partial charge < -0.3 is 19.5 Å². The second-order valence-corrected chi connectivity index (χ2v) is 7.52. The summed E-state index contributed by atoms with van der Waals surface area (Å²) in [7, 11) is 0. The minimum atomic E-state index is -0.874. The van der Waals surface area contributed by atoms with Crippen molar-refractivity contribution in [1.82, 2.24) is 19.3 Å². The first-order valence-electron chi connectivity index (χ1n) is 10.8. The van der Waals surface area contributed by atoms with Gasteiger partial charge in [-0.3, -0.25) is 9.25 Å². The van der Waals surface area contributed by atoms with E-state index >= 15 is 0 Å². The summed E-state index contributed by atoms with van der Waals surface area (Å²) in [5.74, 6) is -1.41. The summed E-state index contributed by atoms with van der Waals surface area (Å²) < 4.78 is 48.6. The molecule has 0 amide bonds. The van der Waals surface area contributed by atoms with Crippen molar-refractivity contribution in [3.05, 3.63) is 58.3 Å². The number of benzene rings is 1. The highest BCUT2D eigenvalue weighted by Gasteiger charge is 2.16. The van der Waals surface area contributed by atoms with E-state index in [1.807, 2.05) is 6.92 Å². The highest BCUT2D eigenvalue weighted by Crippen LogP contribution is 2.29. The second-order valence-electron chi connectivity index (χ2n) is 7.52. The molecule has 1 aliphatic heterocycles. The lowest BCUT2D eigenvalue weighted by Gasteiger charge is -2.14. The standard InChI is InChI=1S/C22H25F2N5O4/c1-2-5-28-13-16(12-26-28)33-21-17(23)9-15(10-18(21)24)14-32-20-11-19-25-4-8-31-7-3-6-29(19)22(30)27-20/h9-13,25H,2-8,14H2,1H3. The maximum absolute atomic E-state index is 14.5. The van der Waals surface area contributed by atoms with Crippen LogP contribution in [0.3, 0.4) is 0 Å². The lowest BCUT2D eigenvalue weighted by atomic mass is 10.2. The third-order valence-corrected chi connectivity index (χ3v) is 4.94. The van der Waals surface area contributed by atoms with Gasteiger partial charge in [-0.15, -0.1) is 0 Å². The summed E-state index contributed by atoms with van der Waals surface area (Å²) in [6.45, 7) is 4.55. The summed E-state index contributed by atoms with van der Waals surface area (Å²) in [6.07, 6.45) is 4.53. The van der Waals surface area contributed by atoms with Gasteiger partial charge in [-0.1, -0.05) is 6.92 Å². The predicted molar refractivity (Wildman–Crippen MR) is 116 cm³/mol. The molecule has 0 saturated heterocycles. The Bertz CT molecular complexity index is 1140. The average molecular weight is 461 g/mol. The van der Waals surface area contributed by atoms with Gasteiger partial charge >= 0.3 is 5.69 Å². The number of nitrogens with zero attached hydrogens (tertiary/aromatic N) is 4. The van der Waals surface area contributed by atoms with Crippen LogP contribution in [0, 0.1) is 11.6 Å². The van der Waals surface area contributed by atoms with Crippen LogP contribution in [-0.2, 0) is 24.4 Å². The van der Waals surface area contributed by atoms with E-state index in [0.717, 1.165) is 18.6 Å². The molecule has 3 heterocycles. The van der Waals surface area contributed by atoms with Gasteiger partial charge in [0, 0.05) is 32.3 Å². The highest BCUT2D eigenvalue weighted by molar-refractivity contribution is 5.39. The first kappa shape index (κ1) is 22.7. The third-order valence-electron chi connectivity index (χ3n) is 4.94. The van der Waals surface area contributed by atoms with Gasteiger partial charge in [0.25, 0.3) is 0 Å². The first-order valence-corrected chi connectivity index (χ1v) is 10.8. The fourth-order valence-electron chi connectivity index (χ4n) is 3.42. The normalized spacial score (nSPS) is 13.9. The van der Waals surface area contributed by atoms with E-state index in [0.29, 0.717) is 45.1 Å². The van der Waals surface area contributed by atoms with E-state index in [9.17, 15) is 13.6 Å². The van der Waals surface area contributed by atoms with E-state index in [1.54, 1.807) is 16.9 Å². The minimum Gasteiger partial charge on any atom is -0.473 e. The molecule has 0 aliphatic carbocycles. The van der Waals surface area contributed by atoms with E-state index in [4.69, 9.17) is 14.2 Å². The molecule has 1 aliphatic rings. The largest absolute Gasteiger partial charge is 0.473 e. The van der Waals surface area contributed by atoms with Crippen molar-refractivity contribution in [3.8, 4) is 17.4 Å². The van der Waals surface area contributed by atoms with Crippen molar-refractivity contribution in [2.24, 2.45) is 0 Å². The molecule has 0 saturated carbocycles. The molecule has 0 radical (unpaired) electrons. The van der Waals surface area contributed by atoms with Gasteiger partial charge in [0.05, 0.1) is 19.0 Å². The van der Waals surface area contributed by atoms with Crippen molar-refractivity contribution in [3.63, 3.8) is 0 Å². The molecular weight excluding hydrogens is 436 g/mol. The Hall–Kier alpha value is -3.47. The summed E-state index contributed by atoms with van der Waals surface area (Å²) in [5.41, 5.74) is -0.243. The summed E-state index contributed by atoms with van der Waals surface area (Å²) >= 11 is 0. The molecule has 0 fully saturated rings. The topological polar surface area (TPSA) is 92.4 Å². The van der Waals surface area contributed by atoms with Crippen LogP contribution < -0.4 is 20.5 Å². The number of aryl methyl sites for hydroxylation is 1. The summed E-state index contributed by atoms with van der Waals surface area (Å²) in [6, 6.07) is 3.83. The molecule has 0 atom stereocenters. The molecule has 0 unspecified atom stereocenters. The Morgan fingerprint density at radius 2 is 2.03 bits per heavy atom. The molecule has 9 nitrogen and oxygen atoms in total. The molecule has 1 N–H and O–H groups in total. The van der Waals surface area contributed by atoms with Crippen LogP contribution in [0.2, 0.25) is 0 Å². The fraction of sp³-hybridized carbons (Fsp3) is 0.409. The van der Waals surface area contributed by atoms with Crippen molar-refractivity contribution >= 4 is 5.82 Å². The van der Waals surface area contributed by atoms with E-state index < -0.39 is 23.1 Å². The molecule has 0 bridgehead atoms. The number of fused-ring (bicyclic) bond motifs is 1. The Morgan fingerprint density at radius 3 is 2.82 bits per heavy atom.